The van der Waals surface area contributed by atoms with Crippen LogP contribution in [0.25, 0.3) is 76.7 Å². The van der Waals surface area contributed by atoms with Gasteiger partial charge in [0.15, 0.2) is 0 Å². The fraction of sp³-hybridized carbons (Fsp3) is 0. The third-order valence-corrected chi connectivity index (χ3v) is 7.93. The van der Waals surface area contributed by atoms with Crippen molar-refractivity contribution in [3.63, 3.8) is 0 Å². The van der Waals surface area contributed by atoms with Crippen LogP contribution in [0.4, 0.5) is 0 Å². The summed E-state index contributed by atoms with van der Waals surface area (Å²) in [6, 6.07) is 47.8. The summed E-state index contributed by atoms with van der Waals surface area (Å²) in [5.74, 6) is 0. The molecule has 0 aliphatic carbocycles. The minimum absolute atomic E-state index is 0.891. The molecule has 0 atom stereocenters. The summed E-state index contributed by atoms with van der Waals surface area (Å²) in [6.45, 7) is 0. The van der Waals surface area contributed by atoms with Gasteiger partial charge in [0.1, 0.15) is 0 Å². The van der Waals surface area contributed by atoms with Crippen molar-refractivity contribution < 1.29 is 0 Å². The summed E-state index contributed by atoms with van der Waals surface area (Å²) in [5, 5.41) is 9.66. The van der Waals surface area contributed by atoms with Crippen LogP contribution in [0, 0.1) is 0 Å². The standard InChI is InChI=1S/C38H24N2/c1-3-11-27-23-29(19-17-25(27)9-1)35-31-13-5-7-15-33(31)36(34-16-8-6-14-32(34)35)38-37(39-21-22-40-38)30-20-18-26-10-2-4-12-28(26)24-30/h1-24H. The Kier molecular flexibility index (Phi) is 5.17. The van der Waals surface area contributed by atoms with Crippen molar-refractivity contribution in [1.82, 2.24) is 9.97 Å². The molecule has 8 aromatic rings. The first-order chi connectivity index (χ1) is 19.8. The van der Waals surface area contributed by atoms with Gasteiger partial charge in [0.05, 0.1) is 11.4 Å². The normalized spacial score (nSPS) is 11.5. The van der Waals surface area contributed by atoms with E-state index in [1.165, 1.54) is 54.2 Å². The van der Waals surface area contributed by atoms with Crippen LogP contribution in [0.2, 0.25) is 0 Å². The summed E-state index contributed by atoms with van der Waals surface area (Å²) in [4.78, 5) is 9.88. The predicted molar refractivity (Wildman–Crippen MR) is 168 cm³/mol. The number of rotatable bonds is 3. The Hall–Kier alpha value is -5.34. The Balaban J connectivity index is 1.45. The Morgan fingerprint density at radius 1 is 0.325 bits per heavy atom. The van der Waals surface area contributed by atoms with Gasteiger partial charge in [-0.1, -0.05) is 121 Å². The van der Waals surface area contributed by atoms with E-state index in [-0.39, 0.29) is 0 Å². The minimum atomic E-state index is 0.891. The molecule has 0 bridgehead atoms. The van der Waals surface area contributed by atoms with E-state index in [4.69, 9.17) is 9.97 Å². The molecular weight excluding hydrogens is 484 g/mol. The van der Waals surface area contributed by atoms with Gasteiger partial charge in [-0.2, -0.15) is 0 Å². The zero-order valence-corrected chi connectivity index (χ0v) is 21.8. The molecular formula is C38H24N2. The van der Waals surface area contributed by atoms with Gasteiger partial charge in [-0.3, -0.25) is 9.97 Å². The van der Waals surface area contributed by atoms with Gasteiger partial charge in [-0.25, -0.2) is 0 Å². The Morgan fingerprint density at radius 2 is 0.750 bits per heavy atom. The molecule has 8 rings (SSSR count). The molecule has 0 unspecified atom stereocenters. The summed E-state index contributed by atoms with van der Waals surface area (Å²) < 4.78 is 0. The van der Waals surface area contributed by atoms with Gasteiger partial charge in [0, 0.05) is 23.5 Å². The molecule has 7 aromatic carbocycles. The molecule has 0 N–H and O–H groups in total. The highest BCUT2D eigenvalue weighted by atomic mass is 14.8. The molecule has 0 aliphatic rings. The van der Waals surface area contributed by atoms with Crippen molar-refractivity contribution in [2.75, 3.05) is 0 Å². The maximum absolute atomic E-state index is 4.99. The second-order valence-electron chi connectivity index (χ2n) is 10.2. The lowest BCUT2D eigenvalue weighted by molar-refractivity contribution is 1.22. The zero-order chi connectivity index (χ0) is 26.5. The Bertz CT molecular complexity index is 2170. The average Bonchev–Trinajstić information content (AvgIpc) is 3.03. The molecule has 0 amide bonds. The van der Waals surface area contributed by atoms with Gasteiger partial charge in [-0.15, -0.1) is 0 Å². The Morgan fingerprint density at radius 3 is 1.32 bits per heavy atom. The van der Waals surface area contributed by atoms with Crippen molar-refractivity contribution >= 4 is 43.1 Å². The van der Waals surface area contributed by atoms with Crippen molar-refractivity contribution in [3.05, 3.63) is 146 Å². The minimum Gasteiger partial charge on any atom is -0.252 e. The smallest absolute Gasteiger partial charge is 0.0977 e. The van der Waals surface area contributed by atoms with E-state index in [1.54, 1.807) is 12.4 Å². The maximum atomic E-state index is 4.99. The maximum Gasteiger partial charge on any atom is 0.0977 e. The van der Waals surface area contributed by atoms with E-state index in [0.29, 0.717) is 0 Å². The largest absolute Gasteiger partial charge is 0.252 e. The molecule has 0 radical (unpaired) electrons. The SMILES string of the molecule is c1ccc2cc(-c3nccnc3-c3c4ccccc4c(-c4ccc5ccccc5c4)c4ccccc34)ccc2c1. The van der Waals surface area contributed by atoms with Gasteiger partial charge in [0.25, 0.3) is 0 Å². The van der Waals surface area contributed by atoms with Crippen molar-refractivity contribution in [1.29, 1.82) is 0 Å². The topological polar surface area (TPSA) is 25.8 Å². The fourth-order valence-corrected chi connectivity index (χ4v) is 6.11. The van der Waals surface area contributed by atoms with Crippen LogP contribution in [-0.4, -0.2) is 9.97 Å². The van der Waals surface area contributed by atoms with Gasteiger partial charge in [0.2, 0.25) is 0 Å². The van der Waals surface area contributed by atoms with Crippen LogP contribution in [-0.2, 0) is 0 Å². The molecule has 0 saturated heterocycles. The molecule has 0 spiro atoms. The van der Waals surface area contributed by atoms with Crippen LogP contribution < -0.4 is 0 Å². The first kappa shape index (κ1) is 22.6. The summed E-state index contributed by atoms with van der Waals surface area (Å²) in [7, 11) is 0. The summed E-state index contributed by atoms with van der Waals surface area (Å²) in [5.41, 5.74) is 6.43. The van der Waals surface area contributed by atoms with Crippen LogP contribution in [0.5, 0.6) is 0 Å². The molecule has 0 aliphatic heterocycles. The quantitative estimate of drug-likeness (QED) is 0.222. The molecule has 186 valence electrons. The monoisotopic (exact) mass is 508 g/mol. The molecule has 1 heterocycles. The molecule has 2 heteroatoms. The van der Waals surface area contributed by atoms with Crippen LogP contribution in [0.3, 0.4) is 0 Å². The fourth-order valence-electron chi connectivity index (χ4n) is 6.11. The van der Waals surface area contributed by atoms with Crippen molar-refractivity contribution in [2.45, 2.75) is 0 Å². The number of hydrogen-bond donors (Lipinski definition) is 0. The highest BCUT2D eigenvalue weighted by Gasteiger charge is 2.20. The van der Waals surface area contributed by atoms with Crippen LogP contribution in [0.15, 0.2) is 146 Å². The van der Waals surface area contributed by atoms with Gasteiger partial charge in [-0.05, 0) is 66.3 Å². The molecule has 1 aromatic heterocycles. The van der Waals surface area contributed by atoms with Crippen LogP contribution in [0.1, 0.15) is 0 Å². The lowest BCUT2D eigenvalue weighted by atomic mass is 9.86. The molecule has 0 fully saturated rings. The number of hydrogen-bond acceptors (Lipinski definition) is 2. The number of aromatic nitrogens is 2. The number of fused-ring (bicyclic) bond motifs is 4. The lowest BCUT2D eigenvalue weighted by Gasteiger charge is -2.18. The second-order valence-corrected chi connectivity index (χ2v) is 10.2. The van der Waals surface area contributed by atoms with E-state index in [0.717, 1.165) is 22.5 Å². The molecule has 0 saturated carbocycles. The average molecular weight is 509 g/mol. The number of benzene rings is 7. The summed E-state index contributed by atoms with van der Waals surface area (Å²) >= 11 is 0. The third kappa shape index (κ3) is 3.58. The van der Waals surface area contributed by atoms with Gasteiger partial charge >= 0.3 is 0 Å². The highest BCUT2D eigenvalue weighted by Crippen LogP contribution is 2.45. The van der Waals surface area contributed by atoms with Gasteiger partial charge < -0.3 is 0 Å². The Labute approximate surface area is 232 Å². The lowest BCUT2D eigenvalue weighted by Crippen LogP contribution is -1.96. The van der Waals surface area contributed by atoms with Crippen molar-refractivity contribution in [2.24, 2.45) is 0 Å². The predicted octanol–water partition coefficient (Wildman–Crippen LogP) is 10.1. The van der Waals surface area contributed by atoms with E-state index < -0.39 is 0 Å². The highest BCUT2D eigenvalue weighted by molar-refractivity contribution is 6.22. The first-order valence-corrected chi connectivity index (χ1v) is 13.6. The van der Waals surface area contributed by atoms with Crippen molar-refractivity contribution in [3.8, 4) is 33.6 Å². The molecule has 2 nitrogen and oxygen atoms in total. The van der Waals surface area contributed by atoms with Crippen LogP contribution >= 0.6 is 0 Å². The van der Waals surface area contributed by atoms with E-state index in [9.17, 15) is 0 Å². The van der Waals surface area contributed by atoms with E-state index >= 15 is 0 Å². The summed E-state index contributed by atoms with van der Waals surface area (Å²) in [6.07, 6.45) is 3.60. The first-order valence-electron chi connectivity index (χ1n) is 13.6. The second kappa shape index (κ2) is 9.14. The zero-order valence-electron chi connectivity index (χ0n) is 21.8. The third-order valence-electron chi connectivity index (χ3n) is 7.93. The number of nitrogens with zero attached hydrogens (tertiary/aromatic N) is 2. The van der Waals surface area contributed by atoms with E-state index in [1.807, 2.05) is 0 Å². The molecule has 40 heavy (non-hydrogen) atoms. The van der Waals surface area contributed by atoms with E-state index in [2.05, 4.69) is 133 Å².